The van der Waals surface area contributed by atoms with Crippen LogP contribution in [0.3, 0.4) is 0 Å². The standard InChI is InChI=1S/C33H42N4O2/c1-37-15-13-23(14-16-37)17-22-5-3-21(4-6-22)7-11-29-26-10-8-24(18-31(26)36-35-29)28-20-33(28)27-19-25(39-2)9-12-30(27)34-32(33)38/h3-7,9,11-12,19,23-24,26,28-29,31,35-36H,8,10,13-18,20H2,1-2H3,(H,34,38)/b11-7+/t24?,26?,28-,29?,31?,33-/m0/s1. The molecule has 5 aliphatic rings. The van der Waals surface area contributed by atoms with E-state index in [0.717, 1.165) is 35.8 Å². The Balaban J connectivity index is 0.953. The molecule has 2 aliphatic carbocycles. The van der Waals surface area contributed by atoms with Gasteiger partial charge in [0.25, 0.3) is 0 Å². The number of hydrazine groups is 1. The van der Waals surface area contributed by atoms with Crippen LogP contribution in [0.15, 0.2) is 48.5 Å². The molecule has 6 atom stereocenters. The molecule has 2 saturated heterocycles. The monoisotopic (exact) mass is 526 g/mol. The first-order chi connectivity index (χ1) is 19.0. The number of ether oxygens (including phenoxy) is 1. The van der Waals surface area contributed by atoms with E-state index in [1.807, 2.05) is 12.1 Å². The van der Waals surface area contributed by atoms with Crippen molar-refractivity contribution in [1.29, 1.82) is 0 Å². The molecule has 206 valence electrons. The van der Waals surface area contributed by atoms with Crippen molar-refractivity contribution in [1.82, 2.24) is 15.8 Å². The number of likely N-dealkylation sites (tertiary alicyclic amines) is 1. The minimum atomic E-state index is -0.341. The fourth-order valence-electron chi connectivity index (χ4n) is 8.18. The van der Waals surface area contributed by atoms with E-state index in [2.05, 4.69) is 70.6 Å². The van der Waals surface area contributed by atoms with E-state index in [1.54, 1.807) is 7.11 Å². The second-order valence-corrected chi connectivity index (χ2v) is 12.9. The van der Waals surface area contributed by atoms with Gasteiger partial charge in [-0.1, -0.05) is 36.4 Å². The maximum atomic E-state index is 13.1. The summed E-state index contributed by atoms with van der Waals surface area (Å²) in [5, 5.41) is 3.15. The summed E-state index contributed by atoms with van der Waals surface area (Å²) in [5.74, 6) is 3.45. The van der Waals surface area contributed by atoms with Gasteiger partial charge in [0.15, 0.2) is 0 Å². The number of nitrogens with one attached hydrogen (secondary N) is 3. The largest absolute Gasteiger partial charge is 0.497 e. The third kappa shape index (κ3) is 4.60. The molecule has 0 bridgehead atoms. The van der Waals surface area contributed by atoms with E-state index >= 15 is 0 Å². The molecular formula is C33H42N4O2. The first kappa shape index (κ1) is 25.3. The van der Waals surface area contributed by atoms with Crippen LogP contribution in [0.4, 0.5) is 5.69 Å². The van der Waals surface area contributed by atoms with E-state index in [-0.39, 0.29) is 11.3 Å². The molecule has 6 nitrogen and oxygen atoms in total. The van der Waals surface area contributed by atoms with Crippen molar-refractivity contribution in [3.8, 4) is 5.75 Å². The van der Waals surface area contributed by atoms with Crippen LogP contribution in [0.25, 0.3) is 6.08 Å². The highest BCUT2D eigenvalue weighted by Crippen LogP contribution is 2.65. The zero-order valence-corrected chi connectivity index (χ0v) is 23.3. The number of piperidine rings is 1. The highest BCUT2D eigenvalue weighted by atomic mass is 16.5. The third-order valence-corrected chi connectivity index (χ3v) is 10.6. The summed E-state index contributed by atoms with van der Waals surface area (Å²) in [4.78, 5) is 15.6. The first-order valence-corrected chi connectivity index (χ1v) is 15.0. The predicted octanol–water partition coefficient (Wildman–Crippen LogP) is 4.76. The van der Waals surface area contributed by atoms with E-state index < -0.39 is 0 Å². The van der Waals surface area contributed by atoms with Crippen molar-refractivity contribution < 1.29 is 9.53 Å². The van der Waals surface area contributed by atoms with E-state index in [4.69, 9.17) is 4.74 Å². The van der Waals surface area contributed by atoms with Crippen LogP contribution >= 0.6 is 0 Å². The number of hydrogen-bond donors (Lipinski definition) is 3. The molecule has 0 radical (unpaired) electrons. The maximum Gasteiger partial charge on any atom is 0.235 e. The van der Waals surface area contributed by atoms with Gasteiger partial charge in [0.1, 0.15) is 5.75 Å². The van der Waals surface area contributed by atoms with Crippen LogP contribution in [0.5, 0.6) is 5.75 Å². The molecule has 2 aromatic carbocycles. The normalized spacial score (nSPS) is 34.3. The molecule has 0 aromatic heterocycles. The molecule has 39 heavy (non-hydrogen) atoms. The van der Waals surface area contributed by atoms with Gasteiger partial charge in [0.05, 0.1) is 12.5 Å². The van der Waals surface area contributed by atoms with Gasteiger partial charge in [0.2, 0.25) is 5.91 Å². The lowest BCUT2D eigenvalue weighted by atomic mass is 9.73. The number of anilines is 1. The molecule has 1 spiro atoms. The van der Waals surface area contributed by atoms with E-state index in [0.29, 0.717) is 29.8 Å². The number of rotatable bonds is 6. The highest BCUT2D eigenvalue weighted by molar-refractivity contribution is 6.09. The number of benzene rings is 2. The topological polar surface area (TPSA) is 65.6 Å². The van der Waals surface area contributed by atoms with Crippen molar-refractivity contribution >= 4 is 17.7 Å². The van der Waals surface area contributed by atoms with Gasteiger partial charge in [-0.05, 0) is 124 Å². The Morgan fingerprint density at radius 1 is 1.05 bits per heavy atom. The SMILES string of the molecule is COc1ccc2c(c1)[C@]1(C[C@H]1C1CCC3C(/C=C/c4ccc(CC5CCN(C)CC5)cc4)NNC3C1)C(=O)N2. The quantitative estimate of drug-likeness (QED) is 0.506. The fraction of sp³-hybridized carbons (Fsp3) is 0.545. The van der Waals surface area contributed by atoms with Gasteiger partial charge in [-0.15, -0.1) is 0 Å². The number of fused-ring (bicyclic) bond motifs is 3. The van der Waals surface area contributed by atoms with Gasteiger partial charge < -0.3 is 15.0 Å². The molecule has 3 aliphatic heterocycles. The molecule has 4 unspecified atom stereocenters. The van der Waals surface area contributed by atoms with E-state index in [9.17, 15) is 4.79 Å². The van der Waals surface area contributed by atoms with Crippen molar-refractivity contribution in [2.45, 2.75) is 62.4 Å². The third-order valence-electron chi connectivity index (χ3n) is 10.6. The number of amides is 1. The van der Waals surface area contributed by atoms with Gasteiger partial charge in [-0.3, -0.25) is 15.6 Å². The number of hydrogen-bond acceptors (Lipinski definition) is 5. The summed E-state index contributed by atoms with van der Waals surface area (Å²) in [6, 6.07) is 16.0. The Kier molecular flexibility index (Phi) is 6.53. The predicted molar refractivity (Wildman–Crippen MR) is 155 cm³/mol. The zero-order valence-electron chi connectivity index (χ0n) is 23.3. The summed E-state index contributed by atoms with van der Waals surface area (Å²) in [6.07, 6.45) is 13.0. The van der Waals surface area contributed by atoms with Crippen molar-refractivity contribution in [3.05, 3.63) is 65.2 Å². The Labute approximate surface area is 232 Å². The average Bonchev–Trinajstić information content (AvgIpc) is 3.50. The molecule has 2 saturated carbocycles. The molecule has 1 amide bonds. The van der Waals surface area contributed by atoms with Crippen LogP contribution in [0, 0.1) is 23.7 Å². The number of carbonyl (C=O) groups excluding carboxylic acids is 1. The van der Waals surface area contributed by atoms with Crippen molar-refractivity contribution in [2.24, 2.45) is 23.7 Å². The average molecular weight is 527 g/mol. The van der Waals surface area contributed by atoms with Crippen LogP contribution in [0.1, 0.15) is 55.2 Å². The molecule has 3 N–H and O–H groups in total. The molecule has 2 aromatic rings. The molecule has 4 fully saturated rings. The first-order valence-electron chi connectivity index (χ1n) is 15.0. The van der Waals surface area contributed by atoms with E-state index in [1.165, 1.54) is 56.3 Å². The van der Waals surface area contributed by atoms with Gasteiger partial charge in [-0.2, -0.15) is 0 Å². The van der Waals surface area contributed by atoms with Crippen molar-refractivity contribution in [2.75, 3.05) is 32.6 Å². The fourth-order valence-corrected chi connectivity index (χ4v) is 8.18. The Morgan fingerprint density at radius 3 is 2.67 bits per heavy atom. The maximum absolute atomic E-state index is 13.1. The van der Waals surface area contributed by atoms with Crippen LogP contribution < -0.4 is 20.9 Å². The zero-order chi connectivity index (χ0) is 26.6. The summed E-state index contributed by atoms with van der Waals surface area (Å²) >= 11 is 0. The van der Waals surface area contributed by atoms with Gasteiger partial charge in [0, 0.05) is 17.8 Å². The minimum absolute atomic E-state index is 0.188. The van der Waals surface area contributed by atoms with Crippen molar-refractivity contribution in [3.63, 3.8) is 0 Å². The smallest absolute Gasteiger partial charge is 0.235 e. The minimum Gasteiger partial charge on any atom is -0.497 e. The molecule has 3 heterocycles. The highest BCUT2D eigenvalue weighted by Gasteiger charge is 2.67. The summed E-state index contributed by atoms with van der Waals surface area (Å²) in [5.41, 5.74) is 11.7. The Morgan fingerprint density at radius 2 is 1.87 bits per heavy atom. The van der Waals surface area contributed by atoms with Gasteiger partial charge in [-0.25, -0.2) is 0 Å². The Hall–Kier alpha value is -2.67. The molecule has 7 rings (SSSR count). The molecule has 6 heteroatoms. The van der Waals surface area contributed by atoms with Crippen LogP contribution in [0.2, 0.25) is 0 Å². The second kappa shape index (κ2) is 10.1. The Bertz CT molecular complexity index is 1250. The second-order valence-electron chi connectivity index (χ2n) is 12.9. The lowest BCUT2D eigenvalue weighted by Crippen LogP contribution is -2.37. The summed E-state index contributed by atoms with van der Waals surface area (Å²) in [7, 11) is 3.93. The van der Waals surface area contributed by atoms with Crippen LogP contribution in [-0.2, 0) is 16.6 Å². The summed E-state index contributed by atoms with van der Waals surface area (Å²) < 4.78 is 5.47. The number of methoxy groups -OCH3 is 1. The number of nitrogens with zero attached hydrogens (tertiary/aromatic N) is 1. The lowest BCUT2D eigenvalue weighted by Gasteiger charge is -2.33. The summed E-state index contributed by atoms with van der Waals surface area (Å²) in [6.45, 7) is 2.47. The molecular weight excluding hydrogens is 484 g/mol. The lowest BCUT2D eigenvalue weighted by molar-refractivity contribution is -0.118. The van der Waals surface area contributed by atoms with Crippen LogP contribution in [-0.4, -0.2) is 50.1 Å². The van der Waals surface area contributed by atoms with Gasteiger partial charge >= 0.3 is 0 Å². The number of carbonyl (C=O) groups is 1.